The molecule has 4 unspecified atom stereocenters. The molecule has 2 bridgehead atoms. The minimum absolute atomic E-state index is 0.0924. The number of rotatable bonds is 7. The molecule has 0 aromatic carbocycles. The molecule has 2 saturated heterocycles. The molecule has 1 amide bonds. The average molecular weight is 459 g/mol. The van der Waals surface area contributed by atoms with Crippen molar-refractivity contribution < 1.29 is 13.6 Å². The van der Waals surface area contributed by atoms with Crippen molar-refractivity contribution in [1.29, 1.82) is 0 Å². The highest BCUT2D eigenvalue weighted by Gasteiger charge is 2.44. The van der Waals surface area contributed by atoms with Gasteiger partial charge in [-0.3, -0.25) is 9.20 Å². The average Bonchev–Trinajstić information content (AvgIpc) is 3.10. The Balaban J connectivity index is 1.63. The zero-order valence-corrected chi connectivity index (χ0v) is 20.4. The molecule has 0 radical (unpaired) electrons. The lowest BCUT2D eigenvalue weighted by molar-refractivity contribution is -0.135. The first-order valence-corrected chi connectivity index (χ1v) is 12.2. The molecule has 3 fully saturated rings. The van der Waals surface area contributed by atoms with Crippen LogP contribution >= 0.6 is 0 Å². The van der Waals surface area contributed by atoms with Crippen molar-refractivity contribution >= 4 is 11.6 Å². The number of piperidine rings is 2. The normalized spacial score (nSPS) is 23.7. The Hall–Kier alpha value is -2.31. The van der Waals surface area contributed by atoms with Crippen LogP contribution in [-0.4, -0.2) is 44.2 Å². The van der Waals surface area contributed by atoms with Crippen LogP contribution in [-0.2, 0) is 11.2 Å². The highest BCUT2D eigenvalue weighted by atomic mass is 19.3. The number of hydrogen-bond donors (Lipinski definition) is 0. The summed E-state index contributed by atoms with van der Waals surface area (Å²) >= 11 is 0. The monoisotopic (exact) mass is 458 g/mol. The molecule has 4 heterocycles. The Morgan fingerprint density at radius 1 is 1.21 bits per heavy atom. The first-order chi connectivity index (χ1) is 15.6. The van der Waals surface area contributed by atoms with Gasteiger partial charge >= 0.3 is 0 Å². The van der Waals surface area contributed by atoms with E-state index < -0.39 is 12.3 Å². The molecule has 3 aliphatic rings. The van der Waals surface area contributed by atoms with Crippen LogP contribution in [0.1, 0.15) is 75.3 Å². The topological polar surface area (TPSA) is 50.5 Å². The van der Waals surface area contributed by atoms with Gasteiger partial charge < -0.3 is 4.90 Å². The van der Waals surface area contributed by atoms with E-state index in [1.54, 1.807) is 6.92 Å². The number of carbonyl (C=O) groups excluding carboxylic acids is 1. The number of carbonyl (C=O) groups is 1. The molecule has 2 aliphatic heterocycles. The van der Waals surface area contributed by atoms with Crippen LogP contribution in [0, 0.1) is 31.6 Å². The van der Waals surface area contributed by atoms with Crippen molar-refractivity contribution in [1.82, 2.24) is 19.3 Å². The number of alkyl halides is 2. The van der Waals surface area contributed by atoms with E-state index in [9.17, 15) is 13.6 Å². The van der Waals surface area contributed by atoms with Crippen LogP contribution in [0.3, 0.4) is 0 Å². The smallest absolute Gasteiger partial charge is 0.249 e. The standard InChI is InChI=1S/C26H36F2N4O/c1-14(2)16(4)26(33)31-13-20-9-10-21(31)12-22(20)25-30-18(6)29-23-11-19(17(5)32(23)25)8-7-15(3)24(27)28/h11,14-15,20-22,24H,4,7-10,12-13H2,1-3,5-6H3. The third kappa shape index (κ3) is 4.43. The number of hydrogen-bond acceptors (Lipinski definition) is 3. The molecule has 1 aliphatic carbocycles. The third-order valence-electron chi connectivity index (χ3n) is 7.82. The van der Waals surface area contributed by atoms with Crippen LogP contribution < -0.4 is 0 Å². The van der Waals surface area contributed by atoms with E-state index in [1.807, 2.05) is 38.7 Å². The van der Waals surface area contributed by atoms with Crippen LogP contribution in [0.25, 0.3) is 5.65 Å². The van der Waals surface area contributed by atoms with Gasteiger partial charge in [-0.15, -0.1) is 0 Å². The highest BCUT2D eigenvalue weighted by Crippen LogP contribution is 2.45. The van der Waals surface area contributed by atoms with Crippen molar-refractivity contribution in [3.8, 4) is 0 Å². The zero-order valence-electron chi connectivity index (χ0n) is 20.4. The van der Waals surface area contributed by atoms with Crippen LogP contribution in [0.4, 0.5) is 8.78 Å². The fourth-order valence-corrected chi connectivity index (χ4v) is 5.54. The molecule has 2 aromatic rings. The van der Waals surface area contributed by atoms with Gasteiger partial charge in [-0.1, -0.05) is 27.4 Å². The van der Waals surface area contributed by atoms with Gasteiger partial charge in [-0.2, -0.15) is 0 Å². The lowest BCUT2D eigenvalue weighted by atomic mass is 9.71. The van der Waals surface area contributed by atoms with Crippen molar-refractivity contribution in [2.45, 2.75) is 85.1 Å². The maximum Gasteiger partial charge on any atom is 0.249 e. The maximum absolute atomic E-state index is 13.0. The summed E-state index contributed by atoms with van der Waals surface area (Å²) in [7, 11) is 0. The summed E-state index contributed by atoms with van der Waals surface area (Å²) in [5, 5.41) is 0. The Bertz CT molecular complexity index is 1060. The van der Waals surface area contributed by atoms with Gasteiger partial charge in [0.15, 0.2) is 0 Å². The van der Waals surface area contributed by atoms with Crippen molar-refractivity contribution in [2.75, 3.05) is 6.54 Å². The molecule has 4 atom stereocenters. The lowest BCUT2D eigenvalue weighted by Gasteiger charge is -2.49. The summed E-state index contributed by atoms with van der Waals surface area (Å²) in [5.41, 5.74) is 3.64. The van der Waals surface area contributed by atoms with Gasteiger partial charge in [0.1, 0.15) is 17.3 Å². The van der Waals surface area contributed by atoms with Crippen molar-refractivity contribution in [3.05, 3.63) is 41.1 Å². The molecular weight excluding hydrogens is 422 g/mol. The van der Waals surface area contributed by atoms with Crippen molar-refractivity contribution in [2.24, 2.45) is 17.8 Å². The number of nitrogens with zero attached hydrogens (tertiary/aromatic N) is 4. The van der Waals surface area contributed by atoms with E-state index in [-0.39, 0.29) is 23.8 Å². The molecule has 33 heavy (non-hydrogen) atoms. The van der Waals surface area contributed by atoms with E-state index in [2.05, 4.69) is 16.0 Å². The molecular formula is C26H36F2N4O. The molecule has 5 nitrogen and oxygen atoms in total. The third-order valence-corrected chi connectivity index (χ3v) is 7.82. The molecule has 2 aromatic heterocycles. The van der Waals surface area contributed by atoms with Crippen molar-refractivity contribution in [3.63, 3.8) is 0 Å². The highest BCUT2D eigenvalue weighted by molar-refractivity contribution is 5.93. The lowest BCUT2D eigenvalue weighted by Crippen LogP contribution is -2.54. The number of fused-ring (bicyclic) bond motifs is 4. The van der Waals surface area contributed by atoms with E-state index in [4.69, 9.17) is 4.98 Å². The predicted octanol–water partition coefficient (Wildman–Crippen LogP) is 5.49. The number of aromatic nitrogens is 3. The summed E-state index contributed by atoms with van der Waals surface area (Å²) in [6.07, 6.45) is 1.75. The van der Waals surface area contributed by atoms with Crippen LogP contribution in [0.5, 0.6) is 0 Å². The first-order valence-electron chi connectivity index (χ1n) is 12.2. The fourth-order valence-electron chi connectivity index (χ4n) is 5.54. The molecule has 5 rings (SSSR count). The van der Waals surface area contributed by atoms with E-state index in [1.165, 1.54) is 0 Å². The van der Waals surface area contributed by atoms with Crippen LogP contribution in [0.2, 0.25) is 0 Å². The minimum atomic E-state index is -2.30. The van der Waals surface area contributed by atoms with E-state index in [0.717, 1.165) is 54.4 Å². The summed E-state index contributed by atoms with van der Waals surface area (Å²) < 4.78 is 28.1. The Morgan fingerprint density at radius 3 is 2.55 bits per heavy atom. The van der Waals surface area contributed by atoms with Gasteiger partial charge in [0, 0.05) is 35.7 Å². The van der Waals surface area contributed by atoms with E-state index >= 15 is 0 Å². The van der Waals surface area contributed by atoms with Gasteiger partial charge in [0.25, 0.3) is 0 Å². The molecule has 0 N–H and O–H groups in total. The second kappa shape index (κ2) is 9.15. The summed E-state index contributed by atoms with van der Waals surface area (Å²) in [6.45, 7) is 14.4. The summed E-state index contributed by atoms with van der Waals surface area (Å²) in [5.74, 6) is 1.95. The number of halogens is 2. The molecule has 1 saturated carbocycles. The predicted molar refractivity (Wildman–Crippen MR) is 126 cm³/mol. The second-order valence-corrected chi connectivity index (χ2v) is 10.4. The summed E-state index contributed by atoms with van der Waals surface area (Å²) in [6, 6.07) is 2.24. The maximum atomic E-state index is 13.0. The van der Waals surface area contributed by atoms with Gasteiger partial charge in [-0.05, 0) is 69.4 Å². The van der Waals surface area contributed by atoms with Gasteiger partial charge in [-0.25, -0.2) is 18.7 Å². The second-order valence-electron chi connectivity index (χ2n) is 10.4. The molecule has 0 spiro atoms. The number of aryl methyl sites for hydroxylation is 3. The molecule has 180 valence electrons. The van der Waals surface area contributed by atoms with E-state index in [0.29, 0.717) is 24.3 Å². The largest absolute Gasteiger partial charge is 0.336 e. The van der Waals surface area contributed by atoms with Crippen LogP contribution in [0.15, 0.2) is 18.2 Å². The Labute approximate surface area is 195 Å². The fraction of sp³-hybridized carbons (Fsp3) is 0.654. The Kier molecular flexibility index (Phi) is 6.61. The molecule has 7 heteroatoms. The van der Waals surface area contributed by atoms with Gasteiger partial charge in [0.2, 0.25) is 12.3 Å². The quantitative estimate of drug-likeness (QED) is 0.516. The minimum Gasteiger partial charge on any atom is -0.336 e. The zero-order chi connectivity index (χ0) is 24.0. The van der Waals surface area contributed by atoms with Gasteiger partial charge in [0.05, 0.1) is 0 Å². The first kappa shape index (κ1) is 23.8. The Morgan fingerprint density at radius 2 is 1.94 bits per heavy atom. The SMILES string of the molecule is C=C(C(=O)N1CC2CCC1CC2c1nc(C)nc2cc(CCC(C)C(F)F)c(C)n12)C(C)C. The number of amides is 1. The summed E-state index contributed by atoms with van der Waals surface area (Å²) in [4.78, 5) is 24.6.